The minimum atomic E-state index is -1.42. The van der Waals surface area contributed by atoms with Gasteiger partial charge in [0.15, 0.2) is 11.5 Å². The predicted molar refractivity (Wildman–Crippen MR) is 99.0 cm³/mol. The van der Waals surface area contributed by atoms with Gasteiger partial charge in [-0.3, -0.25) is 9.36 Å². The summed E-state index contributed by atoms with van der Waals surface area (Å²) < 4.78 is 27.0. The number of amides is 1. The summed E-state index contributed by atoms with van der Waals surface area (Å²) in [6.45, 7) is 1.42. The highest BCUT2D eigenvalue weighted by molar-refractivity contribution is 7.92. The summed E-state index contributed by atoms with van der Waals surface area (Å²) in [5.74, 6) is -0.199. The molecule has 2 fully saturated rings. The summed E-state index contributed by atoms with van der Waals surface area (Å²) >= 11 is -1.42. The Labute approximate surface area is 159 Å². The smallest absolute Gasteiger partial charge is 0.351 e. The van der Waals surface area contributed by atoms with Crippen molar-refractivity contribution in [1.29, 1.82) is 0 Å². The number of hydrogen-bond donors (Lipinski definition) is 2. The lowest BCUT2D eigenvalue weighted by atomic mass is 10.0. The Hall–Kier alpha value is -2.20. The van der Waals surface area contributed by atoms with Crippen molar-refractivity contribution in [3.63, 3.8) is 0 Å². The molecule has 9 heteroatoms. The van der Waals surface area contributed by atoms with Crippen LogP contribution in [0.3, 0.4) is 0 Å². The Kier molecular flexibility index (Phi) is 4.05. The number of rotatable bonds is 3. The summed E-state index contributed by atoms with van der Waals surface area (Å²) in [6.07, 6.45) is -0.587. The van der Waals surface area contributed by atoms with Crippen molar-refractivity contribution in [1.82, 2.24) is 9.55 Å². The van der Waals surface area contributed by atoms with Crippen LogP contribution < -0.4 is 11.0 Å². The van der Waals surface area contributed by atoms with E-state index >= 15 is 0 Å². The molecule has 3 heterocycles. The van der Waals surface area contributed by atoms with Crippen molar-refractivity contribution in [3.05, 3.63) is 58.1 Å². The topological polar surface area (TPSA) is 117 Å². The first-order valence-electron chi connectivity index (χ1n) is 9.05. The molecule has 2 N–H and O–H groups in total. The maximum Gasteiger partial charge on any atom is 0.351 e. The van der Waals surface area contributed by atoms with Crippen molar-refractivity contribution in [2.24, 2.45) is 0 Å². The zero-order chi connectivity index (χ0) is 20.1. The van der Waals surface area contributed by atoms with Crippen LogP contribution in [0.4, 0.5) is 5.82 Å². The molecule has 0 aliphatic carbocycles. The first kappa shape index (κ1) is 16.9. The van der Waals surface area contributed by atoms with Crippen LogP contribution in [0.1, 0.15) is 30.4 Å². The van der Waals surface area contributed by atoms with E-state index in [4.69, 9.17) is 6.11 Å². The van der Waals surface area contributed by atoms with Gasteiger partial charge in [-0.05, 0) is 37.1 Å². The maximum absolute atomic E-state index is 12.6. The van der Waals surface area contributed by atoms with Gasteiger partial charge in [0.05, 0.1) is 0 Å². The number of nitrogens with zero attached hydrogens (tertiary/aromatic N) is 2. The van der Waals surface area contributed by atoms with Gasteiger partial charge in [0.25, 0.3) is 5.91 Å². The van der Waals surface area contributed by atoms with Crippen molar-refractivity contribution >= 4 is 22.9 Å². The summed E-state index contributed by atoms with van der Waals surface area (Å²) in [7, 11) is 0. The number of carbonyl (C=O) groups is 1. The quantitative estimate of drug-likeness (QED) is 0.741. The monoisotopic (exact) mass is 390 g/mol. The second-order valence-corrected chi connectivity index (χ2v) is 8.38. The highest BCUT2D eigenvalue weighted by atomic mass is 32.2. The van der Waals surface area contributed by atoms with E-state index in [1.807, 2.05) is 0 Å². The number of benzene rings is 1. The molecule has 2 saturated heterocycles. The Morgan fingerprint density at radius 1 is 1.52 bits per heavy atom. The van der Waals surface area contributed by atoms with Gasteiger partial charge in [-0.25, -0.2) is 4.79 Å². The summed E-state index contributed by atoms with van der Waals surface area (Å²) in [5.41, 5.74) is -0.986. The Morgan fingerprint density at radius 2 is 2.26 bits per heavy atom. The van der Waals surface area contributed by atoms with Gasteiger partial charge in [-0.15, -0.1) is 0 Å². The highest BCUT2D eigenvalue weighted by Gasteiger charge is 2.66. The molecule has 142 valence electrons. The van der Waals surface area contributed by atoms with Gasteiger partial charge in [0.2, 0.25) is 0 Å². The third-order valence-corrected chi connectivity index (χ3v) is 6.72. The van der Waals surface area contributed by atoms with Crippen LogP contribution in [0, 0.1) is 6.92 Å². The molecule has 4 rings (SSSR count). The van der Waals surface area contributed by atoms with E-state index in [9.17, 15) is 19.2 Å². The van der Waals surface area contributed by atoms with E-state index in [1.54, 1.807) is 37.3 Å². The fourth-order valence-corrected chi connectivity index (χ4v) is 5.32. The second kappa shape index (κ2) is 6.45. The molecule has 0 spiro atoms. The summed E-state index contributed by atoms with van der Waals surface area (Å²) in [4.78, 5) is 28.8. The normalized spacial score (nSPS) is 32.3. The fourth-order valence-electron chi connectivity index (χ4n) is 3.42. The number of aryl methyl sites for hydroxylation is 1. The third kappa shape index (κ3) is 2.96. The number of fused-ring (bicyclic) bond motifs is 2. The SMILES string of the molecule is [2H]C[C@@]12C[S+]([O-])[C@@H]([C@H](n3cc(C)c(NC(=O)c4ccccc4)nc3=O)O1)[C@@H]2O. The molecular formula is C18H19N3O5S. The van der Waals surface area contributed by atoms with Crippen LogP contribution in [0.5, 0.6) is 0 Å². The lowest BCUT2D eigenvalue weighted by Gasteiger charge is -2.29. The zero-order valence-electron chi connectivity index (χ0n) is 15.5. The first-order valence-corrected chi connectivity index (χ1v) is 9.73. The Morgan fingerprint density at radius 3 is 2.93 bits per heavy atom. The van der Waals surface area contributed by atoms with Gasteiger partial charge in [-0.2, -0.15) is 4.98 Å². The van der Waals surface area contributed by atoms with Crippen LogP contribution in [0.25, 0.3) is 0 Å². The van der Waals surface area contributed by atoms with Crippen LogP contribution in [-0.2, 0) is 15.9 Å². The van der Waals surface area contributed by atoms with Crippen LogP contribution in [-0.4, -0.2) is 47.8 Å². The van der Waals surface area contributed by atoms with Gasteiger partial charge in [0.1, 0.15) is 23.3 Å². The number of nitrogens with one attached hydrogen (secondary N) is 1. The molecule has 5 atom stereocenters. The average Bonchev–Trinajstić information content (AvgIpc) is 3.11. The summed E-state index contributed by atoms with van der Waals surface area (Å²) in [6, 6.07) is 8.54. The van der Waals surface area contributed by atoms with E-state index in [0.29, 0.717) is 11.1 Å². The molecule has 0 radical (unpaired) electrons. The van der Waals surface area contributed by atoms with Gasteiger partial charge in [-0.1, -0.05) is 18.2 Å². The van der Waals surface area contributed by atoms with E-state index in [1.165, 1.54) is 10.8 Å². The van der Waals surface area contributed by atoms with Crippen molar-refractivity contribution in [2.45, 2.75) is 37.0 Å². The molecule has 1 unspecified atom stereocenters. The largest absolute Gasteiger partial charge is 0.616 e. The Bertz CT molecular complexity index is 971. The number of hydrogen-bond acceptors (Lipinski definition) is 6. The number of aliphatic hydroxyl groups excluding tert-OH is 1. The zero-order valence-corrected chi connectivity index (χ0v) is 15.3. The average molecular weight is 390 g/mol. The number of anilines is 1. The molecule has 0 saturated carbocycles. The first-order chi connectivity index (χ1) is 13.4. The molecule has 1 amide bonds. The van der Waals surface area contributed by atoms with Crippen molar-refractivity contribution in [3.8, 4) is 0 Å². The lowest BCUT2D eigenvalue weighted by Crippen LogP contribution is -2.41. The van der Waals surface area contributed by atoms with E-state index in [2.05, 4.69) is 10.3 Å². The Balaban J connectivity index is 1.62. The molecule has 27 heavy (non-hydrogen) atoms. The predicted octanol–water partition coefficient (Wildman–Crippen LogP) is 0.583. The van der Waals surface area contributed by atoms with Gasteiger partial charge in [0, 0.05) is 18.7 Å². The number of carbonyl (C=O) groups excluding carboxylic acids is 1. The number of aliphatic hydroxyl groups is 1. The molecular weight excluding hydrogens is 370 g/mol. The van der Waals surface area contributed by atoms with E-state index < -0.39 is 46.0 Å². The minimum absolute atomic E-state index is 0.0746. The van der Waals surface area contributed by atoms with Crippen LogP contribution in [0.15, 0.2) is 41.3 Å². The fraction of sp³-hybridized carbons (Fsp3) is 0.389. The van der Waals surface area contributed by atoms with Crippen LogP contribution in [0.2, 0.25) is 0 Å². The van der Waals surface area contributed by atoms with Gasteiger partial charge >= 0.3 is 5.69 Å². The molecule has 8 nitrogen and oxygen atoms in total. The van der Waals surface area contributed by atoms with Gasteiger partial charge < -0.3 is 19.7 Å². The highest BCUT2D eigenvalue weighted by Crippen LogP contribution is 2.47. The second-order valence-electron chi connectivity index (χ2n) is 6.79. The van der Waals surface area contributed by atoms with Crippen molar-refractivity contribution < 1.29 is 20.6 Å². The van der Waals surface area contributed by atoms with E-state index in [0.717, 1.165) is 0 Å². The number of aromatic nitrogens is 2. The molecule has 1 aromatic carbocycles. The van der Waals surface area contributed by atoms with E-state index in [-0.39, 0.29) is 18.5 Å². The molecule has 2 aliphatic heterocycles. The molecule has 2 aliphatic rings. The molecule has 2 bridgehead atoms. The third-order valence-electron chi connectivity index (χ3n) is 4.85. The van der Waals surface area contributed by atoms with Crippen molar-refractivity contribution in [2.75, 3.05) is 11.1 Å². The maximum atomic E-state index is 12.6. The minimum Gasteiger partial charge on any atom is -0.616 e. The number of ether oxygens (including phenoxy) is 1. The standard InChI is InChI=1S/C18H19N3O5S/c1-10-8-21(16-12-13(22)18(2,26-16)9-27(12)25)17(24)20-14(10)19-15(23)11-6-4-3-5-7-11/h3-8,12-13,16,22H,9H2,1-2H3,(H,19,20,23,24)/t12-,13+,16-,18+,27?/m1/s1/i2D. The lowest BCUT2D eigenvalue weighted by molar-refractivity contribution is -0.0791. The van der Waals surface area contributed by atoms with Crippen LogP contribution >= 0.6 is 0 Å². The molecule has 1 aromatic heterocycles. The summed E-state index contributed by atoms with van der Waals surface area (Å²) in [5, 5.41) is 12.2. The molecule has 2 aromatic rings.